The molecule has 3 aromatic rings. The highest BCUT2D eigenvalue weighted by Gasteiger charge is 2.28. The van der Waals surface area contributed by atoms with Gasteiger partial charge in [0.2, 0.25) is 0 Å². The zero-order valence-corrected chi connectivity index (χ0v) is 19.9. The zero-order chi connectivity index (χ0) is 21.3. The molecule has 164 valence electrons. The molecule has 0 aliphatic carbocycles. The van der Waals surface area contributed by atoms with E-state index in [-0.39, 0.29) is 24.2 Å². The van der Waals surface area contributed by atoms with Gasteiger partial charge < -0.3 is 10.6 Å². The first kappa shape index (κ1) is 23.9. The predicted octanol–water partition coefficient (Wildman–Crippen LogP) is 6.28. The van der Waals surface area contributed by atoms with Gasteiger partial charge in [0.05, 0.1) is 33.9 Å². The topological polar surface area (TPSA) is 59.0 Å². The Hall–Kier alpha value is -1.76. The summed E-state index contributed by atoms with van der Waals surface area (Å²) in [5.41, 5.74) is 3.67. The van der Waals surface area contributed by atoms with Crippen LogP contribution in [0.5, 0.6) is 0 Å². The minimum Gasteiger partial charge on any atom is -0.320 e. The van der Waals surface area contributed by atoms with Crippen molar-refractivity contribution in [3.05, 3.63) is 74.5 Å². The fourth-order valence-corrected chi connectivity index (χ4v) is 4.33. The number of rotatable bonds is 4. The van der Waals surface area contributed by atoms with Gasteiger partial charge in [-0.05, 0) is 68.8 Å². The van der Waals surface area contributed by atoms with Crippen LogP contribution >= 0.6 is 47.2 Å². The van der Waals surface area contributed by atoms with Crippen LogP contribution in [0.4, 0.5) is 5.69 Å². The largest absolute Gasteiger partial charge is 0.320 e. The summed E-state index contributed by atoms with van der Waals surface area (Å²) < 4.78 is 1.85. The van der Waals surface area contributed by atoms with Gasteiger partial charge in [-0.25, -0.2) is 4.68 Å². The number of nitrogens with zero attached hydrogens (tertiary/aromatic N) is 2. The molecule has 9 heteroatoms. The molecule has 2 heterocycles. The van der Waals surface area contributed by atoms with Crippen LogP contribution in [0.1, 0.15) is 40.4 Å². The molecule has 1 aliphatic heterocycles. The number of hydrogen-bond donors (Lipinski definition) is 2. The molecule has 2 aromatic carbocycles. The monoisotopic (exact) mass is 498 g/mol. The second kappa shape index (κ2) is 10.2. The summed E-state index contributed by atoms with van der Waals surface area (Å²) in [5, 5.41) is 12.4. The van der Waals surface area contributed by atoms with Crippen LogP contribution in [-0.2, 0) is 0 Å². The van der Waals surface area contributed by atoms with Crippen LogP contribution in [0.15, 0.2) is 42.6 Å². The summed E-state index contributed by atoms with van der Waals surface area (Å²) in [4.78, 5) is 13.2. The van der Waals surface area contributed by atoms with Crippen molar-refractivity contribution in [2.24, 2.45) is 0 Å². The SMILES string of the molecule is Cc1c(Cl)cccc1-n1ncc(C(=O)Nc2cc(Cl)ccc2Cl)c1C1CCNCC1.Cl. The third-order valence-corrected chi connectivity index (χ3v) is 6.39. The Kier molecular flexibility index (Phi) is 7.89. The van der Waals surface area contributed by atoms with Crippen molar-refractivity contribution in [2.75, 3.05) is 18.4 Å². The summed E-state index contributed by atoms with van der Waals surface area (Å²) in [5.74, 6) is -0.0682. The Bertz CT molecular complexity index is 1090. The highest BCUT2D eigenvalue weighted by molar-refractivity contribution is 6.36. The number of carbonyl (C=O) groups is 1. The Morgan fingerprint density at radius 3 is 2.61 bits per heavy atom. The minimum atomic E-state index is -0.265. The van der Waals surface area contributed by atoms with Crippen LogP contribution < -0.4 is 10.6 Å². The van der Waals surface area contributed by atoms with Crippen LogP contribution in [0.3, 0.4) is 0 Å². The van der Waals surface area contributed by atoms with E-state index >= 15 is 0 Å². The molecule has 1 fully saturated rings. The molecule has 5 nitrogen and oxygen atoms in total. The summed E-state index contributed by atoms with van der Waals surface area (Å²) >= 11 is 18.7. The molecule has 1 aromatic heterocycles. The molecular formula is C22H22Cl4N4O. The fourth-order valence-electron chi connectivity index (χ4n) is 3.82. The van der Waals surface area contributed by atoms with Gasteiger partial charge in [-0.15, -0.1) is 12.4 Å². The first-order valence-electron chi connectivity index (χ1n) is 9.76. The molecule has 0 unspecified atom stereocenters. The Labute approximate surface area is 202 Å². The Morgan fingerprint density at radius 2 is 1.87 bits per heavy atom. The minimum absolute atomic E-state index is 0. The molecule has 1 amide bonds. The number of nitrogens with one attached hydrogen (secondary N) is 2. The van der Waals surface area contributed by atoms with E-state index in [1.807, 2.05) is 29.8 Å². The number of aromatic nitrogens is 2. The lowest BCUT2D eigenvalue weighted by atomic mass is 9.91. The van der Waals surface area contributed by atoms with Crippen molar-refractivity contribution in [1.29, 1.82) is 0 Å². The normalized spacial score (nSPS) is 14.2. The molecule has 0 saturated carbocycles. The van der Waals surface area contributed by atoms with E-state index in [1.165, 1.54) is 0 Å². The van der Waals surface area contributed by atoms with Crippen molar-refractivity contribution in [2.45, 2.75) is 25.7 Å². The molecular weight excluding hydrogens is 478 g/mol. The van der Waals surface area contributed by atoms with Gasteiger partial charge in [-0.3, -0.25) is 4.79 Å². The van der Waals surface area contributed by atoms with Crippen molar-refractivity contribution in [1.82, 2.24) is 15.1 Å². The molecule has 0 spiro atoms. The molecule has 31 heavy (non-hydrogen) atoms. The maximum absolute atomic E-state index is 13.2. The smallest absolute Gasteiger partial charge is 0.259 e. The highest BCUT2D eigenvalue weighted by Crippen LogP contribution is 2.33. The van der Waals surface area contributed by atoms with Gasteiger partial charge in [0.1, 0.15) is 0 Å². The summed E-state index contributed by atoms with van der Waals surface area (Å²) in [7, 11) is 0. The van der Waals surface area contributed by atoms with Gasteiger partial charge in [0, 0.05) is 16.0 Å². The van der Waals surface area contributed by atoms with Crippen molar-refractivity contribution in [3.8, 4) is 5.69 Å². The van der Waals surface area contributed by atoms with E-state index < -0.39 is 0 Å². The fraction of sp³-hybridized carbons (Fsp3) is 0.273. The predicted molar refractivity (Wildman–Crippen MR) is 130 cm³/mol. The van der Waals surface area contributed by atoms with E-state index in [2.05, 4.69) is 15.7 Å². The second-order valence-corrected chi connectivity index (χ2v) is 8.59. The van der Waals surface area contributed by atoms with Crippen molar-refractivity contribution in [3.63, 3.8) is 0 Å². The maximum atomic E-state index is 13.2. The number of amides is 1. The number of benzene rings is 2. The average Bonchev–Trinajstić information content (AvgIpc) is 3.18. The first-order valence-corrected chi connectivity index (χ1v) is 10.9. The quantitative estimate of drug-likeness (QED) is 0.444. The lowest BCUT2D eigenvalue weighted by Gasteiger charge is -2.25. The van der Waals surface area contributed by atoms with Gasteiger partial charge in [0.25, 0.3) is 5.91 Å². The molecule has 0 bridgehead atoms. The van der Waals surface area contributed by atoms with Crippen LogP contribution in [0.2, 0.25) is 15.1 Å². The summed E-state index contributed by atoms with van der Waals surface area (Å²) in [6, 6.07) is 10.7. The summed E-state index contributed by atoms with van der Waals surface area (Å²) in [6.07, 6.45) is 3.46. The Morgan fingerprint density at radius 1 is 1.13 bits per heavy atom. The second-order valence-electron chi connectivity index (χ2n) is 7.34. The highest BCUT2D eigenvalue weighted by atomic mass is 35.5. The van der Waals surface area contributed by atoms with E-state index in [4.69, 9.17) is 34.8 Å². The molecule has 1 aliphatic rings. The molecule has 1 saturated heterocycles. The number of piperidine rings is 1. The molecule has 4 rings (SSSR count). The van der Waals surface area contributed by atoms with E-state index in [1.54, 1.807) is 24.4 Å². The van der Waals surface area contributed by atoms with Crippen molar-refractivity contribution >= 4 is 58.8 Å². The summed E-state index contributed by atoms with van der Waals surface area (Å²) in [6.45, 7) is 3.74. The number of anilines is 1. The lowest BCUT2D eigenvalue weighted by molar-refractivity contribution is 0.102. The maximum Gasteiger partial charge on any atom is 0.259 e. The van der Waals surface area contributed by atoms with E-state index in [0.29, 0.717) is 26.3 Å². The van der Waals surface area contributed by atoms with Crippen LogP contribution in [0, 0.1) is 6.92 Å². The number of hydrogen-bond acceptors (Lipinski definition) is 3. The van der Waals surface area contributed by atoms with Crippen LogP contribution in [-0.4, -0.2) is 28.8 Å². The third-order valence-electron chi connectivity index (χ3n) is 5.42. The van der Waals surface area contributed by atoms with Gasteiger partial charge >= 0.3 is 0 Å². The molecule has 0 radical (unpaired) electrons. The van der Waals surface area contributed by atoms with Gasteiger partial charge in [-0.1, -0.05) is 40.9 Å². The van der Waals surface area contributed by atoms with Gasteiger partial charge in [-0.2, -0.15) is 5.10 Å². The standard InChI is InChI=1S/C22H21Cl3N4O.ClH/c1-13-17(24)3-2-4-20(13)29-21(14-7-9-26-10-8-14)16(12-27-29)22(30)28-19-11-15(23)5-6-18(19)25;/h2-6,11-12,14,26H,7-10H2,1H3,(H,28,30);1H. The lowest BCUT2D eigenvalue weighted by Crippen LogP contribution is -2.29. The van der Waals surface area contributed by atoms with E-state index in [0.717, 1.165) is 42.9 Å². The average molecular weight is 500 g/mol. The third kappa shape index (κ3) is 5.02. The molecule has 2 N–H and O–H groups in total. The first-order chi connectivity index (χ1) is 14.5. The zero-order valence-electron chi connectivity index (χ0n) is 16.8. The van der Waals surface area contributed by atoms with Crippen molar-refractivity contribution < 1.29 is 4.79 Å². The van der Waals surface area contributed by atoms with E-state index in [9.17, 15) is 4.79 Å². The van der Waals surface area contributed by atoms with Crippen LogP contribution in [0.25, 0.3) is 5.69 Å². The Balaban J connectivity index is 0.00000272. The molecule has 0 atom stereocenters. The number of halogens is 4. The number of carbonyl (C=O) groups excluding carboxylic acids is 1. The van der Waals surface area contributed by atoms with Gasteiger partial charge in [0.15, 0.2) is 0 Å².